The second-order valence-corrected chi connectivity index (χ2v) is 6.48. The first-order chi connectivity index (χ1) is 7.68. The molecule has 1 heterocycles. The predicted molar refractivity (Wildman–Crippen MR) is 71.8 cm³/mol. The standard InChI is InChI=1S/C11H13BrClNOS/c12-7-3-1-2-4-9(7)14-11(15)10-8(13)5-6-16-10/h5-7,9H,1-4H2,(H,14,15). The van der Waals surface area contributed by atoms with E-state index in [2.05, 4.69) is 21.2 Å². The molecule has 1 aromatic heterocycles. The fraction of sp³-hybridized carbons (Fsp3) is 0.545. The maximum atomic E-state index is 11.9. The van der Waals surface area contributed by atoms with Gasteiger partial charge in [-0.3, -0.25) is 4.79 Å². The second kappa shape index (κ2) is 5.52. The van der Waals surface area contributed by atoms with E-state index in [-0.39, 0.29) is 11.9 Å². The van der Waals surface area contributed by atoms with E-state index in [1.165, 1.54) is 24.2 Å². The molecular weight excluding hydrogens is 310 g/mol. The van der Waals surface area contributed by atoms with Crippen LogP contribution in [-0.4, -0.2) is 16.8 Å². The molecule has 0 saturated heterocycles. The van der Waals surface area contributed by atoms with Crippen LogP contribution in [-0.2, 0) is 0 Å². The molecule has 1 aliphatic carbocycles. The molecule has 0 aromatic carbocycles. The molecule has 16 heavy (non-hydrogen) atoms. The third-order valence-corrected chi connectivity index (χ3v) is 5.26. The van der Waals surface area contributed by atoms with E-state index in [4.69, 9.17) is 11.6 Å². The molecule has 1 aromatic rings. The van der Waals surface area contributed by atoms with Crippen LogP contribution in [0, 0.1) is 0 Å². The third kappa shape index (κ3) is 2.79. The van der Waals surface area contributed by atoms with Gasteiger partial charge in [-0.1, -0.05) is 40.4 Å². The number of carbonyl (C=O) groups excluding carboxylic acids is 1. The number of hydrogen-bond donors (Lipinski definition) is 1. The summed E-state index contributed by atoms with van der Waals surface area (Å²) in [6.45, 7) is 0. The van der Waals surface area contributed by atoms with Gasteiger partial charge in [0, 0.05) is 10.9 Å². The van der Waals surface area contributed by atoms with Crippen molar-refractivity contribution in [3.63, 3.8) is 0 Å². The summed E-state index contributed by atoms with van der Waals surface area (Å²) < 4.78 is 0. The van der Waals surface area contributed by atoms with Crippen LogP contribution in [0.5, 0.6) is 0 Å². The molecule has 1 N–H and O–H groups in total. The minimum Gasteiger partial charge on any atom is -0.347 e. The van der Waals surface area contributed by atoms with E-state index in [0.717, 1.165) is 12.8 Å². The number of amides is 1. The summed E-state index contributed by atoms with van der Waals surface area (Å²) in [5.74, 6) is -0.0450. The van der Waals surface area contributed by atoms with Gasteiger partial charge in [-0.2, -0.15) is 0 Å². The van der Waals surface area contributed by atoms with E-state index in [1.807, 2.05) is 5.38 Å². The average molecular weight is 323 g/mol. The SMILES string of the molecule is O=C(NC1CCCCC1Br)c1sccc1Cl. The molecule has 0 spiro atoms. The van der Waals surface area contributed by atoms with E-state index in [9.17, 15) is 4.79 Å². The normalized spacial score (nSPS) is 25.4. The molecule has 1 fully saturated rings. The van der Waals surface area contributed by atoms with E-state index in [0.29, 0.717) is 14.7 Å². The van der Waals surface area contributed by atoms with Crippen LogP contribution in [0.2, 0.25) is 5.02 Å². The summed E-state index contributed by atoms with van der Waals surface area (Å²) in [5, 5.41) is 5.43. The lowest BCUT2D eigenvalue weighted by Crippen LogP contribution is -2.42. The molecule has 0 aliphatic heterocycles. The quantitative estimate of drug-likeness (QED) is 0.824. The zero-order valence-electron chi connectivity index (χ0n) is 8.71. The summed E-state index contributed by atoms with van der Waals surface area (Å²) in [6.07, 6.45) is 4.60. The first kappa shape index (κ1) is 12.4. The van der Waals surface area contributed by atoms with Gasteiger partial charge in [0.25, 0.3) is 5.91 Å². The zero-order chi connectivity index (χ0) is 11.5. The van der Waals surface area contributed by atoms with Gasteiger partial charge in [0.2, 0.25) is 0 Å². The zero-order valence-corrected chi connectivity index (χ0v) is 11.9. The Morgan fingerprint density at radius 3 is 2.88 bits per heavy atom. The van der Waals surface area contributed by atoms with Crippen LogP contribution in [0.1, 0.15) is 35.4 Å². The summed E-state index contributed by atoms with van der Waals surface area (Å²) in [7, 11) is 0. The van der Waals surface area contributed by atoms with Crippen LogP contribution >= 0.6 is 38.9 Å². The molecule has 5 heteroatoms. The van der Waals surface area contributed by atoms with Gasteiger partial charge in [0.05, 0.1) is 5.02 Å². The molecule has 1 amide bonds. The first-order valence-electron chi connectivity index (χ1n) is 5.36. The van der Waals surface area contributed by atoms with Crippen LogP contribution in [0.4, 0.5) is 0 Å². The monoisotopic (exact) mass is 321 g/mol. The highest BCUT2D eigenvalue weighted by Gasteiger charge is 2.25. The number of hydrogen-bond acceptors (Lipinski definition) is 2. The molecular formula is C11H13BrClNOS. The van der Waals surface area contributed by atoms with E-state index < -0.39 is 0 Å². The maximum Gasteiger partial charge on any atom is 0.263 e. The summed E-state index contributed by atoms with van der Waals surface area (Å²) in [5.41, 5.74) is 0. The van der Waals surface area contributed by atoms with Gasteiger partial charge in [-0.15, -0.1) is 11.3 Å². The number of thiophene rings is 1. The van der Waals surface area contributed by atoms with Crippen molar-refractivity contribution in [3.05, 3.63) is 21.3 Å². The van der Waals surface area contributed by atoms with Gasteiger partial charge < -0.3 is 5.32 Å². The molecule has 1 aliphatic rings. The minimum atomic E-state index is -0.0450. The van der Waals surface area contributed by atoms with Crippen molar-refractivity contribution < 1.29 is 4.79 Å². The second-order valence-electron chi connectivity index (χ2n) is 3.98. The highest BCUT2D eigenvalue weighted by Crippen LogP contribution is 2.26. The number of rotatable bonds is 2. The Bertz CT molecular complexity index is 382. The van der Waals surface area contributed by atoms with Crippen molar-refractivity contribution >= 4 is 44.8 Å². The summed E-state index contributed by atoms with van der Waals surface area (Å²) >= 11 is 10.9. The van der Waals surface area contributed by atoms with Crippen molar-refractivity contribution in [1.82, 2.24) is 5.32 Å². The van der Waals surface area contributed by atoms with Crippen LogP contribution in [0.25, 0.3) is 0 Å². The Morgan fingerprint density at radius 1 is 1.50 bits per heavy atom. The van der Waals surface area contributed by atoms with E-state index in [1.54, 1.807) is 6.07 Å². The average Bonchev–Trinajstić information content (AvgIpc) is 2.68. The van der Waals surface area contributed by atoms with Crippen molar-refractivity contribution in [2.75, 3.05) is 0 Å². The van der Waals surface area contributed by atoms with Gasteiger partial charge in [0.15, 0.2) is 0 Å². The Morgan fingerprint density at radius 2 is 2.25 bits per heavy atom. The third-order valence-electron chi connectivity index (χ3n) is 2.82. The van der Waals surface area contributed by atoms with Crippen LogP contribution in [0.15, 0.2) is 11.4 Å². The fourth-order valence-electron chi connectivity index (χ4n) is 1.94. The van der Waals surface area contributed by atoms with Crippen LogP contribution in [0.3, 0.4) is 0 Å². The molecule has 0 radical (unpaired) electrons. The Labute approximate surface area is 113 Å². The fourth-order valence-corrected chi connectivity index (χ4v) is 3.70. The Hall–Kier alpha value is -0.0600. The van der Waals surface area contributed by atoms with Crippen molar-refractivity contribution in [2.24, 2.45) is 0 Å². The largest absolute Gasteiger partial charge is 0.347 e. The number of halogens is 2. The Balaban J connectivity index is 1.99. The maximum absolute atomic E-state index is 11.9. The molecule has 2 atom stereocenters. The topological polar surface area (TPSA) is 29.1 Å². The highest BCUT2D eigenvalue weighted by molar-refractivity contribution is 9.09. The smallest absolute Gasteiger partial charge is 0.263 e. The lowest BCUT2D eigenvalue weighted by Gasteiger charge is -2.27. The van der Waals surface area contributed by atoms with Gasteiger partial charge in [-0.25, -0.2) is 0 Å². The molecule has 88 valence electrons. The van der Waals surface area contributed by atoms with Gasteiger partial charge >= 0.3 is 0 Å². The van der Waals surface area contributed by atoms with Crippen molar-refractivity contribution in [2.45, 2.75) is 36.6 Å². The lowest BCUT2D eigenvalue weighted by atomic mass is 9.95. The molecule has 2 rings (SSSR count). The first-order valence-corrected chi connectivity index (χ1v) is 7.53. The van der Waals surface area contributed by atoms with Gasteiger partial charge in [0.1, 0.15) is 4.88 Å². The molecule has 0 bridgehead atoms. The lowest BCUT2D eigenvalue weighted by molar-refractivity contribution is 0.0934. The number of nitrogens with one attached hydrogen (secondary N) is 1. The Kier molecular flexibility index (Phi) is 4.27. The van der Waals surface area contributed by atoms with Crippen molar-refractivity contribution in [3.8, 4) is 0 Å². The summed E-state index contributed by atoms with van der Waals surface area (Å²) in [4.78, 5) is 12.9. The van der Waals surface area contributed by atoms with Gasteiger partial charge in [-0.05, 0) is 24.3 Å². The molecule has 2 unspecified atom stereocenters. The number of alkyl halides is 1. The molecule has 2 nitrogen and oxygen atoms in total. The van der Waals surface area contributed by atoms with Crippen LogP contribution < -0.4 is 5.32 Å². The highest BCUT2D eigenvalue weighted by atomic mass is 79.9. The molecule has 1 saturated carbocycles. The summed E-state index contributed by atoms with van der Waals surface area (Å²) in [6, 6.07) is 1.99. The number of carbonyl (C=O) groups is 1. The predicted octanol–water partition coefficient (Wildman–Crippen LogP) is 3.84. The van der Waals surface area contributed by atoms with Crippen molar-refractivity contribution in [1.29, 1.82) is 0 Å². The van der Waals surface area contributed by atoms with E-state index >= 15 is 0 Å². The minimum absolute atomic E-state index is 0.0450.